The summed E-state index contributed by atoms with van der Waals surface area (Å²) >= 11 is 0. The molecule has 1 aromatic carbocycles. The Hall–Kier alpha value is -3.09. The van der Waals surface area contributed by atoms with Gasteiger partial charge in [-0.1, -0.05) is 0 Å². The Bertz CT molecular complexity index is 809. The number of rotatable bonds is 5. The monoisotopic (exact) mass is 365 g/mol. The number of urea groups is 1. The number of carbonyl (C=O) groups is 2. The minimum atomic E-state index is -0.231. The predicted octanol–water partition coefficient (Wildman–Crippen LogP) is 3.22. The van der Waals surface area contributed by atoms with Crippen LogP contribution < -0.4 is 20.9 Å². The van der Waals surface area contributed by atoms with E-state index in [4.69, 9.17) is 0 Å². The zero-order valence-electron chi connectivity index (χ0n) is 15.1. The topological polar surface area (TPSA) is 86.4 Å². The van der Waals surface area contributed by atoms with Crippen molar-refractivity contribution in [1.29, 1.82) is 0 Å². The van der Waals surface area contributed by atoms with Gasteiger partial charge in [-0.05, 0) is 62.1 Å². The van der Waals surface area contributed by atoms with E-state index in [1.165, 1.54) is 12.8 Å². The average Bonchev–Trinajstić information content (AvgIpc) is 3.31. The second-order valence-corrected chi connectivity index (χ2v) is 7.00. The maximum atomic E-state index is 12.4. The summed E-state index contributed by atoms with van der Waals surface area (Å²) in [5.74, 6) is 0.291. The van der Waals surface area contributed by atoms with Gasteiger partial charge in [-0.15, -0.1) is 0 Å². The van der Waals surface area contributed by atoms with E-state index in [2.05, 4.69) is 25.8 Å². The van der Waals surface area contributed by atoms with E-state index in [-0.39, 0.29) is 11.9 Å². The molecule has 1 aliphatic carbocycles. The molecule has 3 amide bonds. The van der Waals surface area contributed by atoms with E-state index in [1.54, 1.807) is 30.5 Å². The molecule has 0 bridgehead atoms. The molecule has 2 aliphatic rings. The van der Waals surface area contributed by atoms with Gasteiger partial charge >= 0.3 is 6.03 Å². The number of hydrogen-bond donors (Lipinski definition) is 3. The maximum Gasteiger partial charge on any atom is 0.319 e. The second-order valence-electron chi connectivity index (χ2n) is 7.00. The molecule has 0 spiro atoms. The quantitative estimate of drug-likeness (QED) is 0.759. The molecule has 1 aliphatic heterocycles. The van der Waals surface area contributed by atoms with Crippen molar-refractivity contribution >= 4 is 29.1 Å². The van der Waals surface area contributed by atoms with Crippen LogP contribution in [0.25, 0.3) is 0 Å². The number of pyridine rings is 1. The van der Waals surface area contributed by atoms with Crippen LogP contribution >= 0.6 is 0 Å². The highest BCUT2D eigenvalue weighted by Crippen LogP contribution is 2.21. The fourth-order valence-corrected chi connectivity index (χ4v) is 3.10. The summed E-state index contributed by atoms with van der Waals surface area (Å²) < 4.78 is 0. The van der Waals surface area contributed by atoms with Crippen LogP contribution in [-0.2, 0) is 0 Å². The van der Waals surface area contributed by atoms with Gasteiger partial charge in [-0.3, -0.25) is 4.79 Å². The van der Waals surface area contributed by atoms with E-state index in [0.717, 1.165) is 31.6 Å². The zero-order valence-corrected chi connectivity index (χ0v) is 15.1. The molecule has 0 radical (unpaired) electrons. The third-order valence-electron chi connectivity index (χ3n) is 4.78. The van der Waals surface area contributed by atoms with Crippen LogP contribution in [0.1, 0.15) is 36.0 Å². The Morgan fingerprint density at radius 2 is 1.70 bits per heavy atom. The lowest BCUT2D eigenvalue weighted by molar-refractivity contribution is 0.102. The third kappa shape index (κ3) is 4.55. The second kappa shape index (κ2) is 7.65. The molecule has 27 heavy (non-hydrogen) atoms. The number of hydrogen-bond acceptors (Lipinski definition) is 4. The Balaban J connectivity index is 1.32. The van der Waals surface area contributed by atoms with Crippen LogP contribution in [0.4, 0.5) is 22.0 Å². The van der Waals surface area contributed by atoms with E-state index in [1.807, 2.05) is 12.1 Å². The van der Waals surface area contributed by atoms with Gasteiger partial charge in [-0.2, -0.15) is 0 Å². The van der Waals surface area contributed by atoms with Crippen molar-refractivity contribution in [3.63, 3.8) is 0 Å². The van der Waals surface area contributed by atoms with Crippen molar-refractivity contribution in [2.24, 2.45) is 0 Å². The van der Waals surface area contributed by atoms with Crippen molar-refractivity contribution in [2.45, 2.75) is 31.7 Å². The Labute approximate surface area is 158 Å². The fourth-order valence-electron chi connectivity index (χ4n) is 3.10. The van der Waals surface area contributed by atoms with Gasteiger partial charge in [0.2, 0.25) is 0 Å². The van der Waals surface area contributed by atoms with Gasteiger partial charge in [-0.25, -0.2) is 9.78 Å². The molecule has 2 heterocycles. The van der Waals surface area contributed by atoms with Gasteiger partial charge < -0.3 is 20.9 Å². The first kappa shape index (κ1) is 17.3. The lowest BCUT2D eigenvalue weighted by atomic mass is 10.2. The molecule has 0 atom stereocenters. The van der Waals surface area contributed by atoms with E-state index >= 15 is 0 Å². The molecule has 7 nitrogen and oxygen atoms in total. The first-order valence-corrected chi connectivity index (χ1v) is 9.37. The molecule has 3 N–H and O–H groups in total. The number of aromatic nitrogens is 1. The first-order chi connectivity index (χ1) is 13.2. The van der Waals surface area contributed by atoms with E-state index < -0.39 is 0 Å². The minimum Gasteiger partial charge on any atom is -0.370 e. The number of carbonyl (C=O) groups excluding carboxylic acids is 2. The molecular formula is C20H23N5O2. The highest BCUT2D eigenvalue weighted by atomic mass is 16.2. The summed E-state index contributed by atoms with van der Waals surface area (Å²) in [5.41, 5.74) is 2.25. The average molecular weight is 365 g/mol. The lowest BCUT2D eigenvalue weighted by Crippen LogP contribution is -2.30. The highest BCUT2D eigenvalue weighted by molar-refractivity contribution is 6.04. The molecular weight excluding hydrogens is 342 g/mol. The summed E-state index contributed by atoms with van der Waals surface area (Å²) in [7, 11) is 0. The maximum absolute atomic E-state index is 12.4. The zero-order chi connectivity index (χ0) is 18.6. The van der Waals surface area contributed by atoms with Gasteiger partial charge in [0.15, 0.2) is 0 Å². The van der Waals surface area contributed by atoms with Crippen molar-refractivity contribution in [3.05, 3.63) is 48.2 Å². The van der Waals surface area contributed by atoms with Crippen LogP contribution in [0.3, 0.4) is 0 Å². The van der Waals surface area contributed by atoms with Crippen LogP contribution in [0.15, 0.2) is 42.6 Å². The SMILES string of the molecule is O=C(Nc1ccc(C(=O)Nc2ccc(N3CCCC3)cn2)cc1)NC1CC1. The normalized spacial score (nSPS) is 16.1. The number of nitrogens with one attached hydrogen (secondary N) is 3. The first-order valence-electron chi connectivity index (χ1n) is 9.37. The van der Waals surface area contributed by atoms with Crippen LogP contribution in [0.2, 0.25) is 0 Å². The Morgan fingerprint density at radius 3 is 2.33 bits per heavy atom. The van der Waals surface area contributed by atoms with Crippen LogP contribution in [0.5, 0.6) is 0 Å². The molecule has 2 aromatic rings. The molecule has 1 aromatic heterocycles. The number of anilines is 3. The smallest absolute Gasteiger partial charge is 0.319 e. The summed E-state index contributed by atoms with van der Waals surface area (Å²) in [6.07, 6.45) is 6.31. The van der Waals surface area contributed by atoms with Crippen molar-refractivity contribution in [2.75, 3.05) is 28.6 Å². The molecule has 7 heteroatoms. The fraction of sp³-hybridized carbons (Fsp3) is 0.350. The molecule has 0 unspecified atom stereocenters. The Morgan fingerprint density at radius 1 is 0.963 bits per heavy atom. The molecule has 4 rings (SSSR count). The van der Waals surface area contributed by atoms with Crippen LogP contribution in [-0.4, -0.2) is 36.1 Å². The summed E-state index contributed by atoms with van der Waals surface area (Å²) in [6, 6.07) is 10.7. The van der Waals surface area contributed by atoms with Gasteiger partial charge in [0, 0.05) is 30.4 Å². The molecule has 1 saturated carbocycles. The number of nitrogens with zero attached hydrogens (tertiary/aromatic N) is 2. The molecule has 2 fully saturated rings. The third-order valence-corrected chi connectivity index (χ3v) is 4.78. The number of amides is 3. The van der Waals surface area contributed by atoms with Crippen LogP contribution in [0, 0.1) is 0 Å². The summed E-state index contributed by atoms with van der Waals surface area (Å²) in [5, 5.41) is 8.42. The van der Waals surface area contributed by atoms with Crippen molar-refractivity contribution < 1.29 is 9.59 Å². The van der Waals surface area contributed by atoms with E-state index in [9.17, 15) is 9.59 Å². The van der Waals surface area contributed by atoms with Gasteiger partial charge in [0.1, 0.15) is 5.82 Å². The summed E-state index contributed by atoms with van der Waals surface area (Å²) in [4.78, 5) is 30.7. The molecule has 1 saturated heterocycles. The van der Waals surface area contributed by atoms with Gasteiger partial charge in [0.25, 0.3) is 5.91 Å². The Kier molecular flexibility index (Phi) is 4.91. The number of benzene rings is 1. The van der Waals surface area contributed by atoms with E-state index in [0.29, 0.717) is 23.1 Å². The lowest BCUT2D eigenvalue weighted by Gasteiger charge is -2.17. The standard InChI is InChI=1S/C20H23N5O2/c26-19(24-18-10-9-17(13-21-18)25-11-1-2-12-25)14-3-5-15(6-4-14)22-20(27)23-16-7-8-16/h3-6,9-10,13,16H,1-2,7-8,11-12H2,(H,21,24,26)(H2,22,23,27). The van der Waals surface area contributed by atoms with Gasteiger partial charge in [0.05, 0.1) is 11.9 Å². The minimum absolute atomic E-state index is 0.211. The van der Waals surface area contributed by atoms with Crippen molar-refractivity contribution in [3.8, 4) is 0 Å². The molecule has 140 valence electrons. The van der Waals surface area contributed by atoms with Crippen molar-refractivity contribution in [1.82, 2.24) is 10.3 Å². The predicted molar refractivity (Wildman–Crippen MR) is 105 cm³/mol. The summed E-state index contributed by atoms with van der Waals surface area (Å²) in [6.45, 7) is 2.12. The highest BCUT2D eigenvalue weighted by Gasteiger charge is 2.23. The largest absolute Gasteiger partial charge is 0.370 e.